The molecule has 166 valence electrons. The molecule has 0 aliphatic heterocycles. The van der Waals surface area contributed by atoms with E-state index in [-0.39, 0.29) is 19.1 Å². The van der Waals surface area contributed by atoms with Crippen LogP contribution in [0.2, 0.25) is 0 Å². The number of ether oxygens (including phenoxy) is 2. The van der Waals surface area contributed by atoms with Gasteiger partial charge in [0.25, 0.3) is 5.91 Å². The molecule has 7 heteroatoms. The first-order valence-electron chi connectivity index (χ1n) is 10.1. The van der Waals surface area contributed by atoms with Gasteiger partial charge >= 0.3 is 5.97 Å². The zero-order valence-corrected chi connectivity index (χ0v) is 18.0. The summed E-state index contributed by atoms with van der Waals surface area (Å²) in [5.41, 5.74) is 2.30. The molecule has 0 heterocycles. The Morgan fingerprint density at radius 3 is 2.24 bits per heavy atom. The van der Waals surface area contributed by atoms with Gasteiger partial charge < -0.3 is 20.1 Å². The molecular formula is C26H22N2O5. The summed E-state index contributed by atoms with van der Waals surface area (Å²) >= 11 is 0. The summed E-state index contributed by atoms with van der Waals surface area (Å²) in [6, 6.07) is 22.8. The summed E-state index contributed by atoms with van der Waals surface area (Å²) < 4.78 is 10.1. The van der Waals surface area contributed by atoms with Gasteiger partial charge in [-0.15, -0.1) is 0 Å². The third-order valence-electron chi connectivity index (χ3n) is 4.34. The minimum atomic E-state index is -0.429. The highest BCUT2D eigenvalue weighted by molar-refractivity contribution is 5.94. The standard InChI is InChI=1S/C26H22N2O5/c1-32-26(31)21-9-5-7-19(15-21)13-14-20-8-6-10-22(16-20)28-24(29)17-27-25(30)18-33-23-11-3-2-4-12-23/h2-12,15-16H,17-18H2,1H3,(H,27,30)(H,28,29). The molecule has 3 rings (SSSR count). The second kappa shape index (κ2) is 11.7. The Morgan fingerprint density at radius 2 is 1.52 bits per heavy atom. The SMILES string of the molecule is COC(=O)c1cccc(C#Cc2cccc(NC(=O)CNC(=O)COc3ccccc3)c2)c1. The molecule has 3 aromatic rings. The minimum Gasteiger partial charge on any atom is -0.484 e. The van der Waals surface area contributed by atoms with Crippen molar-refractivity contribution in [1.82, 2.24) is 5.32 Å². The average molecular weight is 442 g/mol. The van der Waals surface area contributed by atoms with Crippen molar-refractivity contribution in [1.29, 1.82) is 0 Å². The summed E-state index contributed by atoms with van der Waals surface area (Å²) in [6.45, 7) is -0.368. The number of rotatable bonds is 7. The zero-order valence-electron chi connectivity index (χ0n) is 18.0. The minimum absolute atomic E-state index is 0.181. The van der Waals surface area contributed by atoms with Gasteiger partial charge in [0, 0.05) is 16.8 Å². The Morgan fingerprint density at radius 1 is 0.818 bits per heavy atom. The van der Waals surface area contributed by atoms with Crippen LogP contribution in [-0.2, 0) is 14.3 Å². The van der Waals surface area contributed by atoms with Crippen LogP contribution in [0.3, 0.4) is 0 Å². The lowest BCUT2D eigenvalue weighted by molar-refractivity contribution is -0.125. The number of carbonyl (C=O) groups is 3. The second-order valence-corrected chi connectivity index (χ2v) is 6.83. The topological polar surface area (TPSA) is 93.7 Å². The smallest absolute Gasteiger partial charge is 0.337 e. The van der Waals surface area contributed by atoms with Gasteiger partial charge in [-0.05, 0) is 48.5 Å². The summed E-state index contributed by atoms with van der Waals surface area (Å²) in [7, 11) is 1.32. The van der Waals surface area contributed by atoms with Crippen LogP contribution in [0.4, 0.5) is 5.69 Å². The quantitative estimate of drug-likeness (QED) is 0.433. The number of benzene rings is 3. The van der Waals surface area contributed by atoms with Crippen LogP contribution in [0, 0.1) is 11.8 Å². The molecule has 0 radical (unpaired) electrons. The number of hydrogen-bond acceptors (Lipinski definition) is 5. The fourth-order valence-corrected chi connectivity index (χ4v) is 2.76. The van der Waals surface area contributed by atoms with Crippen LogP contribution in [0.5, 0.6) is 5.75 Å². The molecular weight excluding hydrogens is 420 g/mol. The van der Waals surface area contributed by atoms with Crippen LogP contribution < -0.4 is 15.4 Å². The molecule has 33 heavy (non-hydrogen) atoms. The number of para-hydroxylation sites is 1. The molecule has 7 nitrogen and oxygen atoms in total. The number of amides is 2. The van der Waals surface area contributed by atoms with E-state index in [0.29, 0.717) is 28.1 Å². The van der Waals surface area contributed by atoms with Crippen LogP contribution in [0.1, 0.15) is 21.5 Å². The lowest BCUT2D eigenvalue weighted by Gasteiger charge is -2.08. The number of esters is 1. The molecule has 0 aliphatic rings. The predicted octanol–water partition coefficient (Wildman–Crippen LogP) is 3.01. The number of nitrogens with one attached hydrogen (secondary N) is 2. The first kappa shape index (κ1) is 23.1. The lowest BCUT2D eigenvalue weighted by atomic mass is 10.1. The molecule has 2 N–H and O–H groups in total. The average Bonchev–Trinajstić information content (AvgIpc) is 2.85. The molecule has 0 atom stereocenters. The van der Waals surface area contributed by atoms with Gasteiger partial charge in [-0.25, -0.2) is 4.79 Å². The van der Waals surface area contributed by atoms with Crippen molar-refractivity contribution in [3.05, 3.63) is 95.6 Å². The van der Waals surface area contributed by atoms with E-state index >= 15 is 0 Å². The number of hydrogen-bond donors (Lipinski definition) is 2. The Bertz CT molecular complexity index is 1200. The molecule has 0 unspecified atom stereocenters. The molecule has 0 fully saturated rings. The molecule has 2 amide bonds. The van der Waals surface area contributed by atoms with Crippen molar-refractivity contribution in [2.75, 3.05) is 25.6 Å². The zero-order chi connectivity index (χ0) is 23.5. The van der Waals surface area contributed by atoms with Gasteiger partial charge in [0.05, 0.1) is 19.2 Å². The van der Waals surface area contributed by atoms with Crippen LogP contribution in [0.25, 0.3) is 0 Å². The van der Waals surface area contributed by atoms with Crippen molar-refractivity contribution < 1.29 is 23.9 Å². The van der Waals surface area contributed by atoms with Gasteiger partial charge in [-0.2, -0.15) is 0 Å². The van der Waals surface area contributed by atoms with E-state index in [1.165, 1.54) is 7.11 Å². The highest BCUT2D eigenvalue weighted by Gasteiger charge is 2.07. The number of anilines is 1. The third-order valence-corrected chi connectivity index (χ3v) is 4.34. The highest BCUT2D eigenvalue weighted by atomic mass is 16.5. The van der Waals surface area contributed by atoms with Crippen molar-refractivity contribution in [3.8, 4) is 17.6 Å². The first-order chi connectivity index (χ1) is 16.0. The number of methoxy groups -OCH3 is 1. The van der Waals surface area contributed by atoms with Gasteiger partial charge in [0.2, 0.25) is 5.91 Å². The highest BCUT2D eigenvalue weighted by Crippen LogP contribution is 2.11. The van der Waals surface area contributed by atoms with E-state index < -0.39 is 11.9 Å². The molecule has 0 bridgehead atoms. The molecule has 0 saturated heterocycles. The molecule has 0 spiro atoms. The summed E-state index contributed by atoms with van der Waals surface area (Å²) in [4.78, 5) is 35.7. The third kappa shape index (κ3) is 7.56. The summed E-state index contributed by atoms with van der Waals surface area (Å²) in [5, 5.41) is 5.23. The van der Waals surface area contributed by atoms with E-state index in [2.05, 4.69) is 22.5 Å². The van der Waals surface area contributed by atoms with Gasteiger partial charge in [-0.1, -0.05) is 42.2 Å². The fourth-order valence-electron chi connectivity index (χ4n) is 2.76. The van der Waals surface area contributed by atoms with E-state index in [9.17, 15) is 14.4 Å². The maximum Gasteiger partial charge on any atom is 0.337 e. The van der Waals surface area contributed by atoms with Crippen LogP contribution >= 0.6 is 0 Å². The fraction of sp³-hybridized carbons (Fsp3) is 0.115. The van der Waals surface area contributed by atoms with Gasteiger partial charge in [0.1, 0.15) is 5.75 Å². The Kier molecular flexibility index (Phi) is 8.21. The summed E-state index contributed by atoms with van der Waals surface area (Å²) in [5.74, 6) is 5.36. The summed E-state index contributed by atoms with van der Waals surface area (Å²) in [6.07, 6.45) is 0. The Hall–Kier alpha value is -4.57. The van der Waals surface area contributed by atoms with E-state index in [1.807, 2.05) is 6.07 Å². The van der Waals surface area contributed by atoms with Gasteiger partial charge in [0.15, 0.2) is 6.61 Å². The van der Waals surface area contributed by atoms with Crippen molar-refractivity contribution in [2.45, 2.75) is 0 Å². The van der Waals surface area contributed by atoms with E-state index in [4.69, 9.17) is 9.47 Å². The monoisotopic (exact) mass is 442 g/mol. The maximum absolute atomic E-state index is 12.2. The van der Waals surface area contributed by atoms with Gasteiger partial charge in [-0.3, -0.25) is 9.59 Å². The van der Waals surface area contributed by atoms with Crippen molar-refractivity contribution >= 4 is 23.5 Å². The van der Waals surface area contributed by atoms with E-state index in [0.717, 1.165) is 0 Å². The molecule has 0 saturated carbocycles. The Balaban J connectivity index is 1.52. The lowest BCUT2D eigenvalue weighted by Crippen LogP contribution is -2.35. The van der Waals surface area contributed by atoms with Crippen LogP contribution in [0.15, 0.2) is 78.9 Å². The number of carbonyl (C=O) groups excluding carboxylic acids is 3. The maximum atomic E-state index is 12.2. The van der Waals surface area contributed by atoms with Crippen LogP contribution in [-0.4, -0.2) is 38.0 Å². The van der Waals surface area contributed by atoms with E-state index in [1.54, 1.807) is 72.8 Å². The molecule has 0 aliphatic carbocycles. The molecule has 3 aromatic carbocycles. The molecule has 0 aromatic heterocycles. The first-order valence-corrected chi connectivity index (χ1v) is 10.1. The second-order valence-electron chi connectivity index (χ2n) is 6.83. The largest absolute Gasteiger partial charge is 0.484 e. The normalized spacial score (nSPS) is 9.73. The van der Waals surface area contributed by atoms with Crippen molar-refractivity contribution in [2.24, 2.45) is 0 Å². The predicted molar refractivity (Wildman–Crippen MR) is 124 cm³/mol. The Labute approximate surface area is 191 Å². The van der Waals surface area contributed by atoms with Crippen molar-refractivity contribution in [3.63, 3.8) is 0 Å².